The van der Waals surface area contributed by atoms with Gasteiger partial charge in [0.1, 0.15) is 11.6 Å². The van der Waals surface area contributed by atoms with Gasteiger partial charge < -0.3 is 5.32 Å². The van der Waals surface area contributed by atoms with Crippen molar-refractivity contribution in [2.45, 2.75) is 32.6 Å². The highest BCUT2D eigenvalue weighted by molar-refractivity contribution is 5.58. The molecule has 6 nitrogen and oxygen atoms in total. The van der Waals surface area contributed by atoms with Gasteiger partial charge in [0.25, 0.3) is 5.69 Å². The molecule has 0 bridgehead atoms. The molecule has 28 heavy (non-hydrogen) atoms. The number of hydrogen-bond donors (Lipinski definition) is 1. The first-order chi connectivity index (χ1) is 13.5. The van der Waals surface area contributed by atoms with Crippen molar-refractivity contribution in [3.05, 3.63) is 80.8 Å². The fourth-order valence-electron chi connectivity index (χ4n) is 3.62. The van der Waals surface area contributed by atoms with Gasteiger partial charge in [-0.15, -0.1) is 0 Å². The second-order valence-electron chi connectivity index (χ2n) is 7.10. The lowest BCUT2D eigenvalue weighted by molar-refractivity contribution is -0.384. The van der Waals surface area contributed by atoms with Gasteiger partial charge in [0.05, 0.1) is 16.3 Å². The van der Waals surface area contributed by atoms with E-state index in [9.17, 15) is 14.5 Å². The average Bonchev–Trinajstić information content (AvgIpc) is 2.85. The summed E-state index contributed by atoms with van der Waals surface area (Å²) in [7, 11) is 0. The van der Waals surface area contributed by atoms with Crippen LogP contribution in [0.5, 0.6) is 0 Å². The molecule has 1 aliphatic rings. The molecule has 0 saturated heterocycles. The minimum Gasteiger partial charge on any atom is -0.370 e. The number of anilines is 1. The van der Waals surface area contributed by atoms with Gasteiger partial charge in [-0.1, -0.05) is 18.2 Å². The van der Waals surface area contributed by atoms with Crippen LogP contribution in [0.2, 0.25) is 0 Å². The Hall–Kier alpha value is -3.22. The van der Waals surface area contributed by atoms with Crippen LogP contribution in [0.15, 0.2) is 42.5 Å². The van der Waals surface area contributed by atoms with Crippen LogP contribution >= 0.6 is 0 Å². The molecule has 0 spiro atoms. The summed E-state index contributed by atoms with van der Waals surface area (Å²) in [4.78, 5) is 10.9. The topological polar surface area (TPSA) is 73.0 Å². The van der Waals surface area contributed by atoms with E-state index < -0.39 is 4.92 Å². The largest absolute Gasteiger partial charge is 0.370 e. The van der Waals surface area contributed by atoms with E-state index in [2.05, 4.69) is 5.32 Å². The van der Waals surface area contributed by atoms with E-state index in [1.807, 2.05) is 6.92 Å². The molecule has 2 aromatic carbocycles. The van der Waals surface area contributed by atoms with Crippen molar-refractivity contribution in [1.82, 2.24) is 9.78 Å². The highest BCUT2D eigenvalue weighted by Crippen LogP contribution is 2.31. The van der Waals surface area contributed by atoms with Crippen molar-refractivity contribution in [2.24, 2.45) is 0 Å². The lowest BCUT2D eigenvalue weighted by Crippen LogP contribution is -2.08. The first-order valence-corrected chi connectivity index (χ1v) is 9.37. The van der Waals surface area contributed by atoms with Crippen LogP contribution in [0.3, 0.4) is 0 Å². The quantitative estimate of drug-likeness (QED) is 0.532. The van der Waals surface area contributed by atoms with Gasteiger partial charge in [-0.2, -0.15) is 5.10 Å². The number of nitro groups is 1. The maximum Gasteiger partial charge on any atom is 0.271 e. The fourth-order valence-corrected chi connectivity index (χ4v) is 3.62. The maximum atomic E-state index is 13.2. The van der Waals surface area contributed by atoms with Crippen LogP contribution in [0, 0.1) is 22.9 Å². The number of benzene rings is 2. The van der Waals surface area contributed by atoms with Crippen LogP contribution < -0.4 is 5.32 Å². The highest BCUT2D eigenvalue weighted by Gasteiger charge is 2.22. The lowest BCUT2D eigenvalue weighted by atomic mass is 10.0. The standard InChI is InChI=1S/C21H21FN4O2/c1-14-5-10-17(26(27)28)13-20(14)25-21-18(4-2-3-11-23-21)19(24-25)12-15-6-8-16(22)9-7-15/h5-10,13,23H,2-4,11-12H2,1H3. The van der Waals surface area contributed by atoms with Crippen LogP contribution in [-0.2, 0) is 12.8 Å². The number of rotatable bonds is 4. The molecule has 144 valence electrons. The minimum atomic E-state index is -0.391. The third-order valence-electron chi connectivity index (χ3n) is 5.13. The molecule has 0 aliphatic carbocycles. The molecule has 3 aromatic rings. The molecule has 0 unspecified atom stereocenters. The molecule has 4 rings (SSSR count). The van der Waals surface area contributed by atoms with E-state index in [4.69, 9.17) is 5.10 Å². The van der Waals surface area contributed by atoms with Gasteiger partial charge >= 0.3 is 0 Å². The summed E-state index contributed by atoms with van der Waals surface area (Å²) in [5.41, 5.74) is 4.68. The second kappa shape index (κ2) is 7.42. The summed E-state index contributed by atoms with van der Waals surface area (Å²) in [6.07, 6.45) is 3.59. The number of aryl methyl sites for hydroxylation is 1. The zero-order valence-corrected chi connectivity index (χ0v) is 15.6. The van der Waals surface area contributed by atoms with E-state index in [1.54, 1.807) is 28.9 Å². The first-order valence-electron chi connectivity index (χ1n) is 9.37. The molecule has 0 radical (unpaired) electrons. The lowest BCUT2D eigenvalue weighted by Gasteiger charge is -2.11. The molecule has 2 heterocycles. The van der Waals surface area contributed by atoms with Crippen LogP contribution in [0.1, 0.15) is 35.2 Å². The Morgan fingerprint density at radius 3 is 2.75 bits per heavy atom. The van der Waals surface area contributed by atoms with E-state index in [-0.39, 0.29) is 11.5 Å². The summed E-state index contributed by atoms with van der Waals surface area (Å²) < 4.78 is 15.0. The van der Waals surface area contributed by atoms with Crippen molar-refractivity contribution >= 4 is 11.5 Å². The fraction of sp³-hybridized carbons (Fsp3) is 0.286. The Labute approximate surface area is 162 Å². The van der Waals surface area contributed by atoms with Crippen LogP contribution in [0.4, 0.5) is 15.9 Å². The molecule has 1 N–H and O–H groups in total. The number of halogens is 1. The minimum absolute atomic E-state index is 0.0403. The van der Waals surface area contributed by atoms with Crippen LogP contribution in [-0.4, -0.2) is 21.2 Å². The molecule has 0 amide bonds. The van der Waals surface area contributed by atoms with Crippen LogP contribution in [0.25, 0.3) is 5.69 Å². The Morgan fingerprint density at radius 2 is 2.00 bits per heavy atom. The van der Waals surface area contributed by atoms with E-state index in [0.717, 1.165) is 54.0 Å². The highest BCUT2D eigenvalue weighted by atomic mass is 19.1. The van der Waals surface area contributed by atoms with E-state index in [0.29, 0.717) is 12.1 Å². The summed E-state index contributed by atoms with van der Waals surface area (Å²) in [5.74, 6) is 0.639. The predicted molar refractivity (Wildman–Crippen MR) is 106 cm³/mol. The molecular weight excluding hydrogens is 359 g/mol. The molecule has 1 aliphatic heterocycles. The van der Waals surface area contributed by atoms with Gasteiger partial charge in [-0.3, -0.25) is 10.1 Å². The normalized spacial score (nSPS) is 13.5. The molecular formula is C21H21FN4O2. The number of aromatic nitrogens is 2. The Morgan fingerprint density at radius 1 is 1.21 bits per heavy atom. The van der Waals surface area contributed by atoms with E-state index >= 15 is 0 Å². The molecule has 7 heteroatoms. The number of non-ortho nitro benzene ring substituents is 1. The van der Waals surface area contributed by atoms with Crippen molar-refractivity contribution in [2.75, 3.05) is 11.9 Å². The smallest absolute Gasteiger partial charge is 0.271 e. The summed E-state index contributed by atoms with van der Waals surface area (Å²) >= 11 is 0. The van der Waals surface area contributed by atoms with Gasteiger partial charge in [-0.25, -0.2) is 9.07 Å². The molecule has 0 fully saturated rings. The average molecular weight is 380 g/mol. The SMILES string of the molecule is Cc1ccc([N+](=O)[O-])cc1-n1nc(Cc2ccc(F)cc2)c2c1NCCCC2. The summed E-state index contributed by atoms with van der Waals surface area (Å²) in [6, 6.07) is 11.3. The monoisotopic (exact) mass is 380 g/mol. The van der Waals surface area contributed by atoms with Crippen molar-refractivity contribution < 1.29 is 9.31 Å². The van der Waals surface area contributed by atoms with Crippen molar-refractivity contribution in [3.63, 3.8) is 0 Å². The van der Waals surface area contributed by atoms with Crippen molar-refractivity contribution in [1.29, 1.82) is 0 Å². The number of nitrogens with one attached hydrogen (secondary N) is 1. The van der Waals surface area contributed by atoms with Gasteiger partial charge in [0.15, 0.2) is 0 Å². The maximum absolute atomic E-state index is 13.2. The number of hydrogen-bond acceptors (Lipinski definition) is 4. The third kappa shape index (κ3) is 3.47. The Balaban J connectivity index is 1.82. The third-order valence-corrected chi connectivity index (χ3v) is 5.13. The summed E-state index contributed by atoms with van der Waals surface area (Å²) in [5, 5.41) is 19.5. The molecule has 0 saturated carbocycles. The second-order valence-corrected chi connectivity index (χ2v) is 7.10. The Bertz CT molecular complexity index is 1030. The molecule has 1 aromatic heterocycles. The number of nitrogens with zero attached hydrogens (tertiary/aromatic N) is 3. The predicted octanol–water partition coefficient (Wildman–Crippen LogP) is 4.57. The van der Waals surface area contributed by atoms with Gasteiger partial charge in [0.2, 0.25) is 0 Å². The number of fused-ring (bicyclic) bond motifs is 1. The molecule has 0 atom stereocenters. The van der Waals surface area contributed by atoms with Gasteiger partial charge in [0, 0.05) is 30.7 Å². The zero-order valence-electron chi connectivity index (χ0n) is 15.6. The summed E-state index contributed by atoms with van der Waals surface area (Å²) in [6.45, 7) is 2.76. The first kappa shape index (κ1) is 18.2. The van der Waals surface area contributed by atoms with Crippen molar-refractivity contribution in [3.8, 4) is 5.69 Å². The van der Waals surface area contributed by atoms with Gasteiger partial charge in [-0.05, 0) is 49.4 Å². The zero-order chi connectivity index (χ0) is 19.7. The number of nitro benzene ring substituents is 1. The van der Waals surface area contributed by atoms with E-state index in [1.165, 1.54) is 18.2 Å². The Kier molecular flexibility index (Phi) is 4.81.